The van der Waals surface area contributed by atoms with Gasteiger partial charge in [0.25, 0.3) is 0 Å². The van der Waals surface area contributed by atoms with E-state index >= 15 is 0 Å². The molecule has 0 aliphatic heterocycles. The van der Waals surface area contributed by atoms with Gasteiger partial charge in [-0.2, -0.15) is 0 Å². The maximum atomic E-state index is 12.0. The number of nitrogens with one attached hydrogen (secondary N) is 2. The number of rotatable bonds is 4. The highest BCUT2D eigenvalue weighted by atomic mass is 35.5. The second kappa shape index (κ2) is 7.71. The van der Waals surface area contributed by atoms with Crippen molar-refractivity contribution in [3.63, 3.8) is 0 Å². The molecule has 21 heavy (non-hydrogen) atoms. The Morgan fingerprint density at radius 3 is 2.62 bits per heavy atom. The molecule has 1 aliphatic carbocycles. The van der Waals surface area contributed by atoms with Crippen molar-refractivity contribution in [2.75, 3.05) is 0 Å². The second-order valence-corrected chi connectivity index (χ2v) is 6.92. The van der Waals surface area contributed by atoms with E-state index in [1.165, 1.54) is 11.8 Å². The van der Waals surface area contributed by atoms with Gasteiger partial charge in [0.15, 0.2) is 0 Å². The predicted molar refractivity (Wildman–Crippen MR) is 85.7 cm³/mol. The lowest BCUT2D eigenvalue weighted by Gasteiger charge is -2.15. The predicted octanol–water partition coefficient (Wildman–Crippen LogP) is 3.59. The molecule has 1 fully saturated rings. The summed E-state index contributed by atoms with van der Waals surface area (Å²) in [6.45, 7) is 1.76. The minimum Gasteiger partial charge on any atom is -0.335 e. The van der Waals surface area contributed by atoms with E-state index < -0.39 is 6.03 Å². The van der Waals surface area contributed by atoms with Gasteiger partial charge in [-0.3, -0.25) is 10.1 Å². The molecule has 2 N–H and O–H groups in total. The summed E-state index contributed by atoms with van der Waals surface area (Å²) in [5.41, 5.74) is 0. The number of amides is 3. The van der Waals surface area contributed by atoms with Crippen molar-refractivity contribution < 1.29 is 9.59 Å². The minimum atomic E-state index is -0.404. The lowest BCUT2D eigenvalue weighted by atomic mass is 10.2. The van der Waals surface area contributed by atoms with Crippen molar-refractivity contribution in [2.24, 2.45) is 0 Å². The zero-order valence-electron chi connectivity index (χ0n) is 11.9. The smallest absolute Gasteiger partial charge is 0.321 e. The number of carbonyl (C=O) groups excluding carboxylic acids is 2. The standard InChI is InChI=1S/C15H19ClN2O2S/c1-10(21-13-9-5-4-8-12(13)16)14(19)18-15(20)17-11-6-2-3-7-11/h4-5,8-11H,2-3,6-7H2,1H3,(H2,17,18,19,20). The molecule has 0 spiro atoms. The Labute approximate surface area is 134 Å². The van der Waals surface area contributed by atoms with Crippen molar-refractivity contribution in [1.29, 1.82) is 0 Å². The highest BCUT2D eigenvalue weighted by Gasteiger charge is 2.21. The fraction of sp³-hybridized carbons (Fsp3) is 0.467. The molecule has 3 amide bonds. The van der Waals surface area contributed by atoms with Crippen molar-refractivity contribution in [3.8, 4) is 0 Å². The van der Waals surface area contributed by atoms with Crippen LogP contribution in [0.5, 0.6) is 0 Å². The average molecular weight is 327 g/mol. The molecule has 1 aromatic rings. The van der Waals surface area contributed by atoms with Crippen molar-refractivity contribution in [1.82, 2.24) is 10.6 Å². The van der Waals surface area contributed by atoms with Gasteiger partial charge in [-0.1, -0.05) is 36.6 Å². The Hall–Kier alpha value is -1.20. The summed E-state index contributed by atoms with van der Waals surface area (Å²) < 4.78 is 0. The molecule has 1 aromatic carbocycles. The highest BCUT2D eigenvalue weighted by Crippen LogP contribution is 2.29. The molecular formula is C15H19ClN2O2S. The maximum Gasteiger partial charge on any atom is 0.321 e. The van der Waals surface area contributed by atoms with Crippen LogP contribution in [0.25, 0.3) is 0 Å². The maximum absolute atomic E-state index is 12.0. The lowest BCUT2D eigenvalue weighted by molar-refractivity contribution is -0.119. The molecule has 0 heterocycles. The van der Waals surface area contributed by atoms with Gasteiger partial charge in [0.05, 0.1) is 10.3 Å². The van der Waals surface area contributed by atoms with Gasteiger partial charge in [-0.25, -0.2) is 4.79 Å². The number of thioether (sulfide) groups is 1. The van der Waals surface area contributed by atoms with Gasteiger partial charge in [0.1, 0.15) is 0 Å². The molecule has 1 atom stereocenters. The fourth-order valence-corrected chi connectivity index (χ4v) is 3.44. The van der Waals surface area contributed by atoms with Crippen LogP contribution in [-0.4, -0.2) is 23.2 Å². The van der Waals surface area contributed by atoms with Crippen LogP contribution in [0, 0.1) is 0 Å². The first-order chi connectivity index (χ1) is 10.1. The number of hydrogen-bond acceptors (Lipinski definition) is 3. The first-order valence-electron chi connectivity index (χ1n) is 7.09. The molecule has 0 aromatic heterocycles. The van der Waals surface area contributed by atoms with Crippen LogP contribution in [0.2, 0.25) is 5.02 Å². The van der Waals surface area contributed by atoms with Crippen LogP contribution < -0.4 is 10.6 Å². The number of benzene rings is 1. The Balaban J connectivity index is 1.81. The minimum absolute atomic E-state index is 0.198. The third-order valence-corrected chi connectivity index (χ3v) is 5.06. The van der Waals surface area contributed by atoms with Crippen molar-refractivity contribution >= 4 is 35.3 Å². The summed E-state index contributed by atoms with van der Waals surface area (Å²) in [4.78, 5) is 24.6. The summed E-state index contributed by atoms with van der Waals surface area (Å²) >= 11 is 7.40. The Kier molecular flexibility index (Phi) is 5.94. The largest absolute Gasteiger partial charge is 0.335 e. The molecule has 114 valence electrons. The first-order valence-corrected chi connectivity index (χ1v) is 8.34. The number of urea groups is 1. The van der Waals surface area contributed by atoms with E-state index in [9.17, 15) is 9.59 Å². The van der Waals surface area contributed by atoms with Gasteiger partial charge < -0.3 is 5.32 Å². The molecule has 1 aliphatic rings. The number of hydrogen-bond donors (Lipinski definition) is 2. The van der Waals surface area contributed by atoms with E-state index in [4.69, 9.17) is 11.6 Å². The Bertz CT molecular complexity index is 518. The van der Waals surface area contributed by atoms with Crippen molar-refractivity contribution in [3.05, 3.63) is 29.3 Å². The third kappa shape index (κ3) is 4.93. The summed E-state index contributed by atoms with van der Waals surface area (Å²) in [5.74, 6) is -0.310. The van der Waals surface area contributed by atoms with E-state index in [0.29, 0.717) is 5.02 Å². The summed E-state index contributed by atoms with van der Waals surface area (Å²) in [6, 6.07) is 7.14. The van der Waals surface area contributed by atoms with Crippen LogP contribution >= 0.6 is 23.4 Å². The van der Waals surface area contributed by atoms with Gasteiger partial charge in [-0.05, 0) is 31.9 Å². The monoisotopic (exact) mass is 326 g/mol. The summed E-state index contributed by atoms with van der Waals surface area (Å²) in [5, 5.41) is 5.45. The Morgan fingerprint density at radius 1 is 1.29 bits per heavy atom. The molecule has 1 saturated carbocycles. The molecule has 6 heteroatoms. The number of halogens is 1. The van der Waals surface area contributed by atoms with Gasteiger partial charge >= 0.3 is 6.03 Å². The molecule has 0 radical (unpaired) electrons. The molecule has 0 bridgehead atoms. The highest BCUT2D eigenvalue weighted by molar-refractivity contribution is 8.00. The third-order valence-electron chi connectivity index (χ3n) is 3.44. The molecule has 1 unspecified atom stereocenters. The quantitative estimate of drug-likeness (QED) is 0.831. The van der Waals surface area contributed by atoms with Crippen LogP contribution in [0.15, 0.2) is 29.2 Å². The van der Waals surface area contributed by atoms with Crippen LogP contribution in [0.1, 0.15) is 32.6 Å². The van der Waals surface area contributed by atoms with Gasteiger partial charge in [0.2, 0.25) is 5.91 Å². The van der Waals surface area contributed by atoms with E-state index in [1.807, 2.05) is 18.2 Å². The van der Waals surface area contributed by atoms with E-state index in [1.54, 1.807) is 13.0 Å². The molecule has 2 rings (SSSR count). The number of carbonyl (C=O) groups is 2. The van der Waals surface area contributed by atoms with Crippen LogP contribution in [-0.2, 0) is 4.79 Å². The van der Waals surface area contributed by atoms with Gasteiger partial charge in [0, 0.05) is 10.9 Å². The molecular weight excluding hydrogens is 308 g/mol. The fourth-order valence-electron chi connectivity index (χ4n) is 2.29. The zero-order chi connectivity index (χ0) is 15.2. The zero-order valence-corrected chi connectivity index (χ0v) is 13.5. The average Bonchev–Trinajstić information content (AvgIpc) is 2.93. The Morgan fingerprint density at radius 2 is 1.95 bits per heavy atom. The second-order valence-electron chi connectivity index (χ2n) is 5.13. The lowest BCUT2D eigenvalue weighted by Crippen LogP contribution is -2.45. The molecule has 4 nitrogen and oxygen atoms in total. The normalized spacial score (nSPS) is 16.5. The topological polar surface area (TPSA) is 58.2 Å². The molecule has 0 saturated heterocycles. The number of imide groups is 1. The van der Waals surface area contributed by atoms with E-state index in [2.05, 4.69) is 10.6 Å². The first kappa shape index (κ1) is 16.2. The van der Waals surface area contributed by atoms with E-state index in [0.717, 1.165) is 30.6 Å². The van der Waals surface area contributed by atoms with Gasteiger partial charge in [-0.15, -0.1) is 11.8 Å². The van der Waals surface area contributed by atoms with E-state index in [-0.39, 0.29) is 17.2 Å². The summed E-state index contributed by atoms with van der Waals surface area (Å²) in [7, 11) is 0. The summed E-state index contributed by atoms with van der Waals surface area (Å²) in [6.07, 6.45) is 4.26. The van der Waals surface area contributed by atoms with Crippen LogP contribution in [0.4, 0.5) is 4.79 Å². The van der Waals surface area contributed by atoms with Crippen LogP contribution in [0.3, 0.4) is 0 Å². The van der Waals surface area contributed by atoms with Crippen molar-refractivity contribution in [2.45, 2.75) is 48.8 Å². The SMILES string of the molecule is CC(Sc1ccccc1Cl)C(=O)NC(=O)NC1CCCC1.